The number of unbranched alkanes of at least 4 members (excludes halogenated alkanes) is 1. The third kappa shape index (κ3) is 13.4. The molecule has 1 aliphatic heterocycles. The molecule has 15 nitrogen and oxygen atoms in total. The molecule has 0 radical (unpaired) electrons. The van der Waals surface area contributed by atoms with Crippen LogP contribution < -0.4 is 42.8 Å². The van der Waals surface area contributed by atoms with Gasteiger partial charge in [-0.2, -0.15) is 11.8 Å². The third-order valence-electron chi connectivity index (χ3n) is 10.0. The second-order valence-electron chi connectivity index (χ2n) is 14.5. The van der Waals surface area contributed by atoms with E-state index in [-0.39, 0.29) is 43.3 Å². The van der Waals surface area contributed by atoms with E-state index in [0.29, 0.717) is 68.2 Å². The van der Waals surface area contributed by atoms with E-state index < -0.39 is 47.4 Å². The molecule has 16 heteroatoms. The largest absolute Gasteiger partial charge is 0.492 e. The molecule has 0 aliphatic carbocycles. The minimum Gasteiger partial charge on any atom is -0.492 e. The Morgan fingerprint density at radius 1 is 0.965 bits per heavy atom. The fourth-order valence-electron chi connectivity index (χ4n) is 6.80. The number of thioether (sulfide) groups is 1. The summed E-state index contributed by atoms with van der Waals surface area (Å²) >= 11 is 1.45. The van der Waals surface area contributed by atoms with Crippen LogP contribution in [0.15, 0.2) is 54.7 Å². The van der Waals surface area contributed by atoms with Crippen LogP contribution in [0.5, 0.6) is 5.75 Å². The molecule has 0 unspecified atom stereocenters. The number of para-hydroxylation sites is 1. The number of hydrogen-bond acceptors (Lipinski definition) is 11. The molecule has 0 bridgehead atoms. The molecule has 0 spiro atoms. The maximum atomic E-state index is 14.5. The molecule has 3 aromatic rings. The van der Waals surface area contributed by atoms with E-state index in [1.54, 1.807) is 44.3 Å². The van der Waals surface area contributed by atoms with Crippen LogP contribution in [0.25, 0.3) is 10.9 Å². The lowest BCUT2D eigenvalue weighted by molar-refractivity contribution is -0.135. The molecular weight excluding hydrogens is 749 g/mol. The number of hydrogen-bond donors (Lipinski definition) is 8. The van der Waals surface area contributed by atoms with Gasteiger partial charge in [-0.05, 0) is 74.2 Å². The number of nitrogens with two attached hydrogens (primary N) is 2. The predicted octanol–water partition coefficient (Wildman–Crippen LogP) is 1.41. The fourth-order valence-corrected chi connectivity index (χ4v) is 7.87. The number of ketones is 2. The average molecular weight is 807 g/mol. The molecular formula is C41H58N8O7S. The number of fused-ring (bicyclic) bond motifs is 1. The summed E-state index contributed by atoms with van der Waals surface area (Å²) in [6.07, 6.45) is 4.24. The Morgan fingerprint density at radius 3 is 2.40 bits per heavy atom. The van der Waals surface area contributed by atoms with E-state index in [0.717, 1.165) is 16.5 Å². The average Bonchev–Trinajstić information content (AvgIpc) is 3.63. The smallest absolute Gasteiger partial charge is 0.243 e. The lowest BCUT2D eigenvalue weighted by atomic mass is 9.88. The van der Waals surface area contributed by atoms with Crippen LogP contribution in [0, 0.1) is 0 Å². The molecule has 1 aliphatic rings. The molecule has 1 saturated heterocycles. The van der Waals surface area contributed by atoms with Gasteiger partial charge in [0.05, 0.1) is 24.2 Å². The lowest BCUT2D eigenvalue weighted by Crippen LogP contribution is -2.61. The van der Waals surface area contributed by atoms with Gasteiger partial charge in [-0.3, -0.25) is 34.1 Å². The quantitative estimate of drug-likeness (QED) is 0.0760. The molecule has 57 heavy (non-hydrogen) atoms. The van der Waals surface area contributed by atoms with Crippen molar-refractivity contribution in [2.45, 2.75) is 95.4 Å². The maximum absolute atomic E-state index is 14.5. The van der Waals surface area contributed by atoms with E-state index in [2.05, 4.69) is 31.6 Å². The van der Waals surface area contributed by atoms with Crippen LogP contribution in [-0.4, -0.2) is 108 Å². The first-order chi connectivity index (χ1) is 27.4. The summed E-state index contributed by atoms with van der Waals surface area (Å²) in [6.45, 7) is 5.76. The number of carbonyl (C=O) groups excluding carboxylic acids is 6. The minimum absolute atomic E-state index is 0.0602. The molecule has 2 aromatic carbocycles. The van der Waals surface area contributed by atoms with Crippen LogP contribution in [0.2, 0.25) is 0 Å². The predicted molar refractivity (Wildman–Crippen MR) is 222 cm³/mol. The molecule has 4 amide bonds. The second kappa shape index (κ2) is 22.2. The summed E-state index contributed by atoms with van der Waals surface area (Å²) in [7, 11) is 0. The van der Waals surface area contributed by atoms with Gasteiger partial charge in [0.2, 0.25) is 23.6 Å². The zero-order chi connectivity index (χ0) is 41.4. The summed E-state index contributed by atoms with van der Waals surface area (Å²) in [4.78, 5) is 83.9. The molecule has 2 heterocycles. The van der Waals surface area contributed by atoms with Gasteiger partial charge in [0.1, 0.15) is 24.4 Å². The number of benzene rings is 2. The second-order valence-corrected chi connectivity index (χ2v) is 15.7. The van der Waals surface area contributed by atoms with Gasteiger partial charge in [0.15, 0.2) is 11.6 Å². The van der Waals surface area contributed by atoms with Crippen molar-refractivity contribution >= 4 is 57.9 Å². The molecule has 1 aromatic heterocycles. The van der Waals surface area contributed by atoms with Gasteiger partial charge in [0, 0.05) is 55.6 Å². The normalized spacial score (nSPS) is 18.2. The number of amides is 4. The first-order valence-electron chi connectivity index (χ1n) is 19.6. The van der Waals surface area contributed by atoms with Crippen molar-refractivity contribution in [2.75, 3.05) is 37.7 Å². The Balaban J connectivity index is 1.63. The molecule has 4 rings (SSSR count). The van der Waals surface area contributed by atoms with E-state index in [9.17, 15) is 28.8 Å². The Kier molecular flexibility index (Phi) is 17.5. The first kappa shape index (κ1) is 44.9. The Labute approximate surface area is 338 Å². The van der Waals surface area contributed by atoms with Crippen molar-refractivity contribution in [1.29, 1.82) is 0 Å². The third-order valence-corrected chi connectivity index (χ3v) is 11.1. The van der Waals surface area contributed by atoms with Crippen LogP contribution in [0.4, 0.5) is 0 Å². The van der Waals surface area contributed by atoms with E-state index in [1.807, 2.05) is 24.3 Å². The number of ether oxygens (including phenoxy) is 1. The molecule has 310 valence electrons. The van der Waals surface area contributed by atoms with Crippen molar-refractivity contribution < 1.29 is 33.5 Å². The van der Waals surface area contributed by atoms with E-state index in [1.165, 1.54) is 18.7 Å². The van der Waals surface area contributed by atoms with Crippen molar-refractivity contribution in [2.24, 2.45) is 11.5 Å². The summed E-state index contributed by atoms with van der Waals surface area (Å²) < 4.78 is 5.62. The monoisotopic (exact) mass is 806 g/mol. The van der Waals surface area contributed by atoms with Crippen LogP contribution in [0.3, 0.4) is 0 Å². The molecule has 10 N–H and O–H groups in total. The SMILES string of the molecule is CCC(=O)[C@](C)(CCCCN)NC(=O)[C@H](Cc1c[nH]c2ccccc12)NC(=O)[C@H](Cc1ccc(OCCN)cc1)NC(=O)[C@@H]1CSCC[C@H](NC(C)=O)C(=O)CN1. The van der Waals surface area contributed by atoms with Crippen LogP contribution >= 0.6 is 11.8 Å². The number of nitrogens with one attached hydrogen (secondary N) is 6. The number of rotatable bonds is 20. The van der Waals surface area contributed by atoms with E-state index >= 15 is 0 Å². The zero-order valence-corrected chi connectivity index (χ0v) is 33.9. The summed E-state index contributed by atoms with van der Waals surface area (Å²) in [5, 5.41) is 15.4. The zero-order valence-electron chi connectivity index (χ0n) is 33.1. The van der Waals surface area contributed by atoms with Crippen molar-refractivity contribution in [1.82, 2.24) is 31.6 Å². The van der Waals surface area contributed by atoms with Gasteiger partial charge in [0.25, 0.3) is 0 Å². The van der Waals surface area contributed by atoms with Crippen molar-refractivity contribution in [3.05, 3.63) is 65.9 Å². The number of aromatic amines is 1. The molecule has 0 saturated carbocycles. The number of aromatic nitrogens is 1. The van der Waals surface area contributed by atoms with Crippen LogP contribution in [-0.2, 0) is 41.6 Å². The first-order valence-corrected chi connectivity index (χ1v) is 20.8. The van der Waals surface area contributed by atoms with Crippen molar-refractivity contribution in [3.63, 3.8) is 0 Å². The Morgan fingerprint density at radius 2 is 1.70 bits per heavy atom. The van der Waals surface area contributed by atoms with Crippen molar-refractivity contribution in [3.8, 4) is 5.75 Å². The standard InChI is InChI=1S/C41H58N8O7S/c1-4-37(52)41(3,16-7-8-17-42)49-40(55)34(22-28-23-44-31-10-6-5-9-30(28)31)48-38(53)33(21-27-11-13-29(14-12-27)56-19-18-43)47-39(54)35-25-57-20-15-32(46-26(2)50)36(51)24-45-35/h5-6,9-14,23,32-35,44-45H,4,7-8,15-22,24-25,42-43H2,1-3H3,(H,46,50)(H,47,54)(H,48,53)(H,49,55)/t32-,33-,34-,35-,41-/m0/s1. The van der Waals surface area contributed by atoms with Gasteiger partial charge in [-0.15, -0.1) is 0 Å². The summed E-state index contributed by atoms with van der Waals surface area (Å²) in [5.41, 5.74) is 12.5. The van der Waals surface area contributed by atoms with Gasteiger partial charge in [-0.25, -0.2) is 0 Å². The van der Waals surface area contributed by atoms with E-state index in [4.69, 9.17) is 16.2 Å². The number of carbonyl (C=O) groups is 6. The molecule has 5 atom stereocenters. The highest BCUT2D eigenvalue weighted by Crippen LogP contribution is 2.22. The van der Waals surface area contributed by atoms with Gasteiger partial charge < -0.3 is 42.5 Å². The lowest BCUT2D eigenvalue weighted by Gasteiger charge is -2.32. The number of Topliss-reactive ketones (excluding diaryl/α,β-unsaturated/α-hetero) is 2. The Bertz CT molecular complexity index is 1840. The van der Waals surface area contributed by atoms with Gasteiger partial charge >= 0.3 is 0 Å². The topological polar surface area (TPSA) is 240 Å². The minimum atomic E-state index is -1.19. The van der Waals surface area contributed by atoms with Crippen LogP contribution in [0.1, 0.15) is 64.0 Å². The Hall–Kier alpha value is -4.77. The number of H-pyrrole nitrogens is 1. The summed E-state index contributed by atoms with van der Waals surface area (Å²) in [5.74, 6) is -0.936. The highest BCUT2D eigenvalue weighted by Gasteiger charge is 2.37. The highest BCUT2D eigenvalue weighted by molar-refractivity contribution is 7.99. The highest BCUT2D eigenvalue weighted by atomic mass is 32.2. The maximum Gasteiger partial charge on any atom is 0.243 e. The summed E-state index contributed by atoms with van der Waals surface area (Å²) in [6, 6.07) is 10.9. The fraction of sp³-hybridized carbons (Fsp3) is 0.512. The van der Waals surface area contributed by atoms with Gasteiger partial charge in [-0.1, -0.05) is 37.3 Å². The molecule has 1 fully saturated rings.